The fourth-order valence-corrected chi connectivity index (χ4v) is 2.90. The summed E-state index contributed by atoms with van der Waals surface area (Å²) >= 11 is 0. The van der Waals surface area contributed by atoms with Crippen molar-refractivity contribution < 1.29 is 19.1 Å². The molecule has 1 aliphatic heterocycles. The van der Waals surface area contributed by atoms with E-state index >= 15 is 0 Å². The van der Waals surface area contributed by atoms with Gasteiger partial charge in [-0.25, -0.2) is 9.59 Å². The van der Waals surface area contributed by atoms with Crippen LogP contribution in [0.15, 0.2) is 35.4 Å². The normalized spacial score (nSPS) is 18.1. The second-order valence-electron chi connectivity index (χ2n) is 7.67. The first-order valence-electron chi connectivity index (χ1n) is 9.20. The van der Waals surface area contributed by atoms with Crippen LogP contribution in [0.3, 0.4) is 0 Å². The molecule has 0 bridgehead atoms. The Bertz CT molecular complexity index is 728. The molecule has 28 heavy (non-hydrogen) atoms. The molecule has 1 aliphatic rings. The Morgan fingerprint density at radius 2 is 1.93 bits per heavy atom. The predicted octanol–water partition coefficient (Wildman–Crippen LogP) is 3.94. The first kappa shape index (κ1) is 21.4. The quantitative estimate of drug-likeness (QED) is 0.441. The standard InChI is InChI=1S/C19H27N5O4/c1-14(21-22-20)16-12-23(17(25)28-19(2,3)4)10-11-24(16)18(26)27-13-15-8-6-5-7-9-15/h5-9,14,16H,10-13H2,1-4H3. The number of hydrogen-bond donors (Lipinski definition) is 0. The van der Waals surface area contributed by atoms with Crippen molar-refractivity contribution in [2.75, 3.05) is 19.6 Å². The summed E-state index contributed by atoms with van der Waals surface area (Å²) in [7, 11) is 0. The van der Waals surface area contributed by atoms with E-state index in [0.717, 1.165) is 5.56 Å². The Kier molecular flexibility index (Phi) is 7.12. The number of hydrogen-bond acceptors (Lipinski definition) is 5. The molecule has 1 fully saturated rings. The molecular weight excluding hydrogens is 362 g/mol. The smallest absolute Gasteiger partial charge is 0.410 e. The lowest BCUT2D eigenvalue weighted by Gasteiger charge is -2.42. The van der Waals surface area contributed by atoms with Crippen LogP contribution in [0.4, 0.5) is 9.59 Å². The van der Waals surface area contributed by atoms with Crippen molar-refractivity contribution in [2.45, 2.75) is 52.0 Å². The molecule has 0 aromatic heterocycles. The van der Waals surface area contributed by atoms with E-state index in [1.807, 2.05) is 30.3 Å². The zero-order valence-corrected chi connectivity index (χ0v) is 16.7. The Morgan fingerprint density at radius 1 is 1.25 bits per heavy atom. The lowest BCUT2D eigenvalue weighted by molar-refractivity contribution is -0.00129. The lowest BCUT2D eigenvalue weighted by atomic mass is 10.1. The van der Waals surface area contributed by atoms with Gasteiger partial charge in [0.25, 0.3) is 0 Å². The fourth-order valence-electron chi connectivity index (χ4n) is 2.90. The topological polar surface area (TPSA) is 108 Å². The number of carbonyl (C=O) groups excluding carboxylic acids is 2. The van der Waals surface area contributed by atoms with Gasteiger partial charge >= 0.3 is 12.2 Å². The molecule has 2 atom stereocenters. The molecule has 2 amide bonds. The number of rotatable bonds is 4. The highest BCUT2D eigenvalue weighted by atomic mass is 16.6. The van der Waals surface area contributed by atoms with E-state index in [1.54, 1.807) is 27.7 Å². The Labute approximate surface area is 164 Å². The number of carbonyl (C=O) groups is 2. The molecule has 1 heterocycles. The van der Waals surface area contributed by atoms with Crippen LogP contribution in [0.25, 0.3) is 10.4 Å². The second-order valence-corrected chi connectivity index (χ2v) is 7.67. The van der Waals surface area contributed by atoms with Gasteiger partial charge in [-0.05, 0) is 31.9 Å². The molecular formula is C19H27N5O4. The molecule has 1 aromatic carbocycles. The third-order valence-corrected chi connectivity index (χ3v) is 4.30. The van der Waals surface area contributed by atoms with Crippen LogP contribution in [0.1, 0.15) is 33.3 Å². The van der Waals surface area contributed by atoms with Gasteiger partial charge in [0.15, 0.2) is 0 Å². The van der Waals surface area contributed by atoms with Crippen molar-refractivity contribution in [1.29, 1.82) is 0 Å². The summed E-state index contributed by atoms with van der Waals surface area (Å²) in [6, 6.07) is 8.34. The molecule has 2 rings (SSSR count). The Hall–Kier alpha value is -2.93. The number of piperazine rings is 1. The van der Waals surface area contributed by atoms with Crippen LogP contribution in [0.5, 0.6) is 0 Å². The first-order valence-corrected chi connectivity index (χ1v) is 9.20. The number of benzene rings is 1. The third-order valence-electron chi connectivity index (χ3n) is 4.30. The van der Waals surface area contributed by atoms with E-state index < -0.39 is 29.9 Å². The monoisotopic (exact) mass is 389 g/mol. The summed E-state index contributed by atoms with van der Waals surface area (Å²) in [5.41, 5.74) is 9.05. The van der Waals surface area contributed by atoms with Crippen molar-refractivity contribution in [3.63, 3.8) is 0 Å². The highest BCUT2D eigenvalue weighted by Crippen LogP contribution is 2.20. The number of azide groups is 1. The number of nitrogens with zero attached hydrogens (tertiary/aromatic N) is 5. The van der Waals surface area contributed by atoms with Gasteiger partial charge in [0.1, 0.15) is 12.2 Å². The number of amides is 2. The van der Waals surface area contributed by atoms with Gasteiger partial charge in [0.2, 0.25) is 0 Å². The van der Waals surface area contributed by atoms with Crippen molar-refractivity contribution in [3.05, 3.63) is 46.3 Å². The van der Waals surface area contributed by atoms with E-state index in [0.29, 0.717) is 6.54 Å². The highest BCUT2D eigenvalue weighted by molar-refractivity contribution is 5.71. The second kappa shape index (κ2) is 9.32. The maximum Gasteiger partial charge on any atom is 0.410 e. The minimum Gasteiger partial charge on any atom is -0.445 e. The molecule has 9 nitrogen and oxygen atoms in total. The average molecular weight is 389 g/mol. The Morgan fingerprint density at radius 3 is 2.54 bits per heavy atom. The number of ether oxygens (including phenoxy) is 2. The molecule has 1 saturated heterocycles. The molecule has 0 aliphatic carbocycles. The van der Waals surface area contributed by atoms with E-state index in [9.17, 15) is 9.59 Å². The molecule has 0 saturated carbocycles. The molecule has 152 valence electrons. The van der Waals surface area contributed by atoms with Crippen LogP contribution in [-0.4, -0.2) is 59.3 Å². The van der Waals surface area contributed by atoms with Crippen molar-refractivity contribution in [2.24, 2.45) is 5.11 Å². The van der Waals surface area contributed by atoms with Crippen molar-refractivity contribution >= 4 is 12.2 Å². The molecule has 0 N–H and O–H groups in total. The maximum atomic E-state index is 12.6. The van der Waals surface area contributed by atoms with Crippen LogP contribution >= 0.6 is 0 Å². The van der Waals surface area contributed by atoms with Crippen molar-refractivity contribution in [3.8, 4) is 0 Å². The van der Waals surface area contributed by atoms with Gasteiger partial charge in [-0.1, -0.05) is 42.4 Å². The van der Waals surface area contributed by atoms with Gasteiger partial charge < -0.3 is 19.3 Å². The third kappa shape index (κ3) is 6.06. The van der Waals surface area contributed by atoms with Crippen LogP contribution < -0.4 is 0 Å². The zero-order chi connectivity index (χ0) is 20.7. The Balaban J connectivity index is 2.07. The van der Waals surface area contributed by atoms with Gasteiger partial charge in [0, 0.05) is 24.5 Å². The maximum absolute atomic E-state index is 12.6. The van der Waals surface area contributed by atoms with Gasteiger partial charge in [-0.3, -0.25) is 0 Å². The largest absolute Gasteiger partial charge is 0.445 e. The summed E-state index contributed by atoms with van der Waals surface area (Å²) in [6.45, 7) is 8.02. The zero-order valence-electron chi connectivity index (χ0n) is 16.7. The highest BCUT2D eigenvalue weighted by Gasteiger charge is 2.37. The first-order chi connectivity index (χ1) is 13.2. The van der Waals surface area contributed by atoms with Crippen molar-refractivity contribution in [1.82, 2.24) is 9.80 Å². The van der Waals surface area contributed by atoms with E-state index in [-0.39, 0.29) is 19.7 Å². The van der Waals surface area contributed by atoms with Crippen LogP contribution in [0, 0.1) is 0 Å². The lowest BCUT2D eigenvalue weighted by Crippen LogP contribution is -2.60. The fraction of sp³-hybridized carbons (Fsp3) is 0.579. The molecule has 0 spiro atoms. The summed E-state index contributed by atoms with van der Waals surface area (Å²) in [5.74, 6) is 0. The van der Waals surface area contributed by atoms with Gasteiger partial charge in [-0.2, -0.15) is 0 Å². The van der Waals surface area contributed by atoms with E-state index in [2.05, 4.69) is 10.0 Å². The molecule has 0 radical (unpaired) electrons. The van der Waals surface area contributed by atoms with E-state index in [1.165, 1.54) is 9.80 Å². The molecule has 1 aromatic rings. The average Bonchev–Trinajstić information content (AvgIpc) is 2.65. The minimum absolute atomic E-state index is 0.147. The van der Waals surface area contributed by atoms with Crippen LogP contribution in [0.2, 0.25) is 0 Å². The SMILES string of the molecule is CC(N=[N+]=[N-])C1CN(C(=O)OC(C)(C)C)CCN1C(=O)OCc1ccccc1. The predicted molar refractivity (Wildman–Crippen MR) is 104 cm³/mol. The summed E-state index contributed by atoms with van der Waals surface area (Å²) in [5, 5.41) is 3.72. The van der Waals surface area contributed by atoms with E-state index in [4.69, 9.17) is 15.0 Å². The van der Waals surface area contributed by atoms with Gasteiger partial charge in [-0.15, -0.1) is 0 Å². The van der Waals surface area contributed by atoms with Crippen LogP contribution in [-0.2, 0) is 16.1 Å². The molecule has 9 heteroatoms. The van der Waals surface area contributed by atoms with Gasteiger partial charge in [0.05, 0.1) is 12.1 Å². The summed E-state index contributed by atoms with van der Waals surface area (Å²) in [4.78, 5) is 30.9. The minimum atomic E-state index is -0.616. The summed E-state index contributed by atoms with van der Waals surface area (Å²) in [6.07, 6.45) is -0.958. The summed E-state index contributed by atoms with van der Waals surface area (Å²) < 4.78 is 10.8. The molecule has 2 unspecified atom stereocenters.